The molecule has 2 N–H and O–H groups in total. The number of carbonyl (C=O) groups is 1. The molecule has 5 nitrogen and oxygen atoms in total. The van der Waals surface area contributed by atoms with Crippen molar-refractivity contribution in [2.45, 2.75) is 77.0 Å². The molecule has 2 fully saturated rings. The number of amides is 1. The Hall–Kier alpha value is -0.810. The Morgan fingerprint density at radius 1 is 1.45 bits per heavy atom. The van der Waals surface area contributed by atoms with Crippen molar-refractivity contribution in [2.75, 3.05) is 19.6 Å². The maximum atomic E-state index is 12.0. The van der Waals surface area contributed by atoms with Gasteiger partial charge in [0, 0.05) is 18.6 Å². The SMILES string of the molecule is CCC(O)CCN1CCC(C2(NC(=O)OC(C)(C)C)CC2)C1. The molecular formula is C17H32N2O3. The molecule has 2 unspecified atom stereocenters. The molecule has 0 aromatic carbocycles. The molecule has 0 aromatic heterocycles. The molecule has 1 aliphatic heterocycles. The smallest absolute Gasteiger partial charge is 0.408 e. The first-order chi connectivity index (χ1) is 10.2. The summed E-state index contributed by atoms with van der Waals surface area (Å²) < 4.78 is 5.40. The first-order valence-corrected chi connectivity index (χ1v) is 8.66. The van der Waals surface area contributed by atoms with Crippen LogP contribution in [0.15, 0.2) is 0 Å². The van der Waals surface area contributed by atoms with Gasteiger partial charge in [-0.1, -0.05) is 6.92 Å². The fraction of sp³-hybridized carbons (Fsp3) is 0.941. The van der Waals surface area contributed by atoms with E-state index in [2.05, 4.69) is 10.2 Å². The Morgan fingerprint density at radius 2 is 2.14 bits per heavy atom. The quantitative estimate of drug-likeness (QED) is 0.791. The van der Waals surface area contributed by atoms with Gasteiger partial charge in [-0.05, 0) is 65.3 Å². The summed E-state index contributed by atoms with van der Waals surface area (Å²) in [5.41, 5.74) is -0.487. The van der Waals surface area contributed by atoms with Crippen LogP contribution in [0, 0.1) is 5.92 Å². The second kappa shape index (κ2) is 6.75. The average Bonchev–Trinajstić information content (AvgIpc) is 3.01. The van der Waals surface area contributed by atoms with Crippen molar-refractivity contribution in [3.63, 3.8) is 0 Å². The summed E-state index contributed by atoms with van der Waals surface area (Å²) in [5, 5.41) is 12.8. The predicted octanol–water partition coefficient (Wildman–Crippen LogP) is 2.53. The van der Waals surface area contributed by atoms with Crippen LogP contribution in [-0.2, 0) is 4.74 Å². The maximum Gasteiger partial charge on any atom is 0.408 e. The van der Waals surface area contributed by atoms with Gasteiger partial charge in [-0.15, -0.1) is 0 Å². The lowest BCUT2D eigenvalue weighted by Gasteiger charge is -2.27. The largest absolute Gasteiger partial charge is 0.444 e. The van der Waals surface area contributed by atoms with Crippen molar-refractivity contribution < 1.29 is 14.6 Å². The van der Waals surface area contributed by atoms with Crippen molar-refractivity contribution >= 4 is 6.09 Å². The number of nitrogens with one attached hydrogen (secondary N) is 1. The molecule has 5 heteroatoms. The van der Waals surface area contributed by atoms with Gasteiger partial charge in [0.15, 0.2) is 0 Å². The Bertz CT molecular complexity index is 388. The van der Waals surface area contributed by atoms with E-state index in [4.69, 9.17) is 4.74 Å². The molecule has 1 saturated carbocycles. The molecule has 2 aliphatic rings. The summed E-state index contributed by atoms with van der Waals surface area (Å²) in [7, 11) is 0. The van der Waals surface area contributed by atoms with Crippen LogP contribution < -0.4 is 5.32 Å². The summed E-state index contributed by atoms with van der Waals surface area (Å²) >= 11 is 0. The summed E-state index contributed by atoms with van der Waals surface area (Å²) in [6.07, 6.45) is 4.43. The molecule has 0 radical (unpaired) electrons. The molecule has 0 spiro atoms. The Kier molecular flexibility index (Phi) is 5.38. The summed E-state index contributed by atoms with van der Waals surface area (Å²) in [4.78, 5) is 14.4. The third-order valence-electron chi connectivity index (χ3n) is 4.84. The van der Waals surface area contributed by atoms with Crippen LogP contribution in [0.3, 0.4) is 0 Å². The predicted molar refractivity (Wildman–Crippen MR) is 86.8 cm³/mol. The Labute approximate surface area is 134 Å². The van der Waals surface area contributed by atoms with E-state index in [1.54, 1.807) is 0 Å². The lowest BCUT2D eigenvalue weighted by molar-refractivity contribution is 0.0475. The molecule has 1 aliphatic carbocycles. The standard InChI is InChI=1S/C17H32N2O3/c1-5-14(20)7-11-19-10-6-13(12-19)17(8-9-17)18-15(21)22-16(2,3)4/h13-14,20H,5-12H2,1-4H3,(H,18,21). The van der Waals surface area contributed by atoms with Gasteiger partial charge in [0.25, 0.3) is 0 Å². The van der Waals surface area contributed by atoms with E-state index in [9.17, 15) is 9.90 Å². The molecule has 2 rings (SSSR count). The Balaban J connectivity index is 1.78. The minimum absolute atomic E-state index is 0.0412. The summed E-state index contributed by atoms with van der Waals surface area (Å²) in [6.45, 7) is 10.7. The molecule has 0 aromatic rings. The van der Waals surface area contributed by atoms with E-state index in [0.717, 1.165) is 51.7 Å². The second-order valence-electron chi connectivity index (χ2n) is 7.92. The number of aliphatic hydroxyl groups excluding tert-OH is 1. The number of nitrogens with zero attached hydrogens (tertiary/aromatic N) is 1. The molecule has 2 atom stereocenters. The van der Waals surface area contributed by atoms with Crippen molar-refractivity contribution in [3.8, 4) is 0 Å². The third-order valence-corrected chi connectivity index (χ3v) is 4.84. The number of hydrogen-bond donors (Lipinski definition) is 2. The van der Waals surface area contributed by atoms with Gasteiger partial charge in [-0.25, -0.2) is 4.79 Å². The molecular weight excluding hydrogens is 280 g/mol. The molecule has 1 heterocycles. The number of likely N-dealkylation sites (tertiary alicyclic amines) is 1. The van der Waals surface area contributed by atoms with Crippen molar-refractivity contribution in [2.24, 2.45) is 5.92 Å². The van der Waals surface area contributed by atoms with Gasteiger partial charge in [0.1, 0.15) is 5.60 Å². The zero-order valence-electron chi connectivity index (χ0n) is 14.5. The number of carbonyl (C=O) groups excluding carboxylic acids is 1. The minimum atomic E-state index is -0.446. The molecule has 1 saturated heterocycles. The van der Waals surface area contributed by atoms with Crippen LogP contribution in [0.2, 0.25) is 0 Å². The second-order valence-corrected chi connectivity index (χ2v) is 7.92. The average molecular weight is 312 g/mol. The Morgan fingerprint density at radius 3 is 2.68 bits per heavy atom. The van der Waals surface area contributed by atoms with E-state index < -0.39 is 5.60 Å². The van der Waals surface area contributed by atoms with Gasteiger partial charge in [0.05, 0.1) is 6.10 Å². The number of alkyl carbamates (subject to hydrolysis) is 1. The van der Waals surface area contributed by atoms with E-state index in [1.165, 1.54) is 0 Å². The first kappa shape index (κ1) is 17.5. The fourth-order valence-electron chi connectivity index (χ4n) is 3.30. The highest BCUT2D eigenvalue weighted by molar-refractivity contribution is 5.69. The lowest BCUT2D eigenvalue weighted by Crippen LogP contribution is -2.45. The van der Waals surface area contributed by atoms with Crippen molar-refractivity contribution in [1.29, 1.82) is 0 Å². The van der Waals surface area contributed by atoms with Crippen LogP contribution >= 0.6 is 0 Å². The van der Waals surface area contributed by atoms with Crippen LogP contribution in [0.4, 0.5) is 4.79 Å². The maximum absolute atomic E-state index is 12.0. The topological polar surface area (TPSA) is 61.8 Å². The highest BCUT2D eigenvalue weighted by Crippen LogP contribution is 2.46. The van der Waals surface area contributed by atoms with Gasteiger partial charge in [-0.2, -0.15) is 0 Å². The molecule has 0 bridgehead atoms. The third kappa shape index (κ3) is 4.85. The van der Waals surface area contributed by atoms with Gasteiger partial charge < -0.3 is 20.1 Å². The minimum Gasteiger partial charge on any atom is -0.444 e. The van der Waals surface area contributed by atoms with Crippen molar-refractivity contribution in [1.82, 2.24) is 10.2 Å². The van der Waals surface area contributed by atoms with Crippen LogP contribution in [0.5, 0.6) is 0 Å². The first-order valence-electron chi connectivity index (χ1n) is 8.66. The highest BCUT2D eigenvalue weighted by Gasteiger charge is 2.52. The van der Waals surface area contributed by atoms with E-state index in [0.29, 0.717) is 5.92 Å². The van der Waals surface area contributed by atoms with Gasteiger partial charge in [0.2, 0.25) is 0 Å². The summed E-state index contributed by atoms with van der Waals surface area (Å²) in [5.74, 6) is 0.513. The van der Waals surface area contributed by atoms with Crippen molar-refractivity contribution in [3.05, 3.63) is 0 Å². The van der Waals surface area contributed by atoms with Crippen LogP contribution in [0.1, 0.15) is 59.8 Å². The van der Waals surface area contributed by atoms with Crippen LogP contribution in [0.25, 0.3) is 0 Å². The zero-order valence-corrected chi connectivity index (χ0v) is 14.5. The van der Waals surface area contributed by atoms with Gasteiger partial charge >= 0.3 is 6.09 Å². The van der Waals surface area contributed by atoms with Gasteiger partial charge in [-0.3, -0.25) is 0 Å². The van der Waals surface area contributed by atoms with E-state index >= 15 is 0 Å². The number of ether oxygens (including phenoxy) is 1. The zero-order chi connectivity index (χ0) is 16.4. The number of hydrogen-bond acceptors (Lipinski definition) is 4. The van der Waals surface area contributed by atoms with E-state index in [1.807, 2.05) is 27.7 Å². The summed E-state index contributed by atoms with van der Waals surface area (Å²) in [6, 6.07) is 0. The normalized spacial score (nSPS) is 25.8. The monoisotopic (exact) mass is 312 g/mol. The lowest BCUT2D eigenvalue weighted by atomic mass is 9.96. The number of rotatable bonds is 6. The van der Waals surface area contributed by atoms with Crippen LogP contribution in [-0.4, -0.2) is 53.0 Å². The van der Waals surface area contributed by atoms with E-state index in [-0.39, 0.29) is 17.7 Å². The number of aliphatic hydroxyl groups is 1. The molecule has 1 amide bonds. The highest BCUT2D eigenvalue weighted by atomic mass is 16.6. The fourth-order valence-corrected chi connectivity index (χ4v) is 3.30. The molecule has 22 heavy (non-hydrogen) atoms. The molecule has 128 valence electrons.